The van der Waals surface area contributed by atoms with E-state index in [2.05, 4.69) is 38.2 Å². The number of hydrogen-bond donors (Lipinski definition) is 2. The summed E-state index contributed by atoms with van der Waals surface area (Å²) in [6, 6.07) is 14.2. The van der Waals surface area contributed by atoms with Crippen molar-refractivity contribution in [2.24, 2.45) is 4.99 Å². The first kappa shape index (κ1) is 15.3. The van der Waals surface area contributed by atoms with Gasteiger partial charge in [0.05, 0.1) is 18.4 Å². The summed E-state index contributed by atoms with van der Waals surface area (Å²) in [5, 5.41) is 13.1. The minimum atomic E-state index is 0.678. The van der Waals surface area contributed by atoms with Crippen LogP contribution >= 0.6 is 11.3 Å². The van der Waals surface area contributed by atoms with E-state index in [1.807, 2.05) is 47.4 Å². The summed E-state index contributed by atoms with van der Waals surface area (Å²) in [6.45, 7) is 1.46. The molecule has 3 aromatic rings. The third-order valence-electron chi connectivity index (χ3n) is 3.35. The van der Waals surface area contributed by atoms with E-state index in [0.717, 1.165) is 23.8 Å². The molecule has 23 heavy (non-hydrogen) atoms. The highest BCUT2D eigenvalue weighted by atomic mass is 32.1. The van der Waals surface area contributed by atoms with Crippen molar-refractivity contribution in [1.29, 1.82) is 0 Å². The van der Waals surface area contributed by atoms with Crippen LogP contribution in [0.15, 0.2) is 65.2 Å². The van der Waals surface area contributed by atoms with Crippen molar-refractivity contribution in [3.63, 3.8) is 0 Å². The molecule has 0 unspecified atom stereocenters. The largest absolute Gasteiger partial charge is 0.352 e. The number of aromatic nitrogens is 2. The molecule has 0 aliphatic carbocycles. The van der Waals surface area contributed by atoms with Gasteiger partial charge in [0.15, 0.2) is 5.96 Å². The monoisotopic (exact) mass is 325 g/mol. The normalized spacial score (nSPS) is 11.4. The van der Waals surface area contributed by atoms with E-state index in [1.165, 1.54) is 4.88 Å². The summed E-state index contributed by atoms with van der Waals surface area (Å²) in [7, 11) is 1.77. The second kappa shape index (κ2) is 7.60. The third-order valence-corrected chi connectivity index (χ3v) is 4.23. The van der Waals surface area contributed by atoms with Crippen molar-refractivity contribution in [3.8, 4) is 5.69 Å². The Balaban J connectivity index is 1.54. The minimum absolute atomic E-state index is 0.678. The van der Waals surface area contributed by atoms with Gasteiger partial charge in [-0.1, -0.05) is 24.3 Å². The fourth-order valence-corrected chi connectivity index (χ4v) is 2.81. The van der Waals surface area contributed by atoms with Gasteiger partial charge in [0.25, 0.3) is 0 Å². The second-order valence-corrected chi connectivity index (χ2v) is 6.02. The van der Waals surface area contributed by atoms with Crippen LogP contribution in [-0.2, 0) is 13.1 Å². The molecule has 0 saturated heterocycles. The van der Waals surface area contributed by atoms with Crippen LogP contribution in [0.25, 0.3) is 5.69 Å². The van der Waals surface area contributed by atoms with Crippen LogP contribution in [0.5, 0.6) is 0 Å². The van der Waals surface area contributed by atoms with Gasteiger partial charge >= 0.3 is 0 Å². The maximum absolute atomic E-state index is 4.39. The molecule has 5 nitrogen and oxygen atoms in total. The Morgan fingerprint density at radius 3 is 2.70 bits per heavy atom. The Kier molecular flexibility index (Phi) is 5.06. The molecule has 0 radical (unpaired) electrons. The van der Waals surface area contributed by atoms with Crippen molar-refractivity contribution in [1.82, 2.24) is 20.4 Å². The molecular formula is C17H19N5S. The fraction of sp³-hybridized carbons (Fsp3) is 0.176. The van der Waals surface area contributed by atoms with Crippen LogP contribution < -0.4 is 10.6 Å². The lowest BCUT2D eigenvalue weighted by atomic mass is 10.3. The molecule has 0 atom stereocenters. The number of rotatable bonds is 5. The first-order valence-electron chi connectivity index (χ1n) is 7.41. The first-order chi connectivity index (χ1) is 11.3. The first-order valence-corrected chi connectivity index (χ1v) is 8.29. The average molecular weight is 325 g/mol. The van der Waals surface area contributed by atoms with Crippen molar-refractivity contribution < 1.29 is 0 Å². The lowest BCUT2D eigenvalue weighted by molar-refractivity contribution is 0.814. The SMILES string of the molecule is CN=C(NCc1cnn(-c2ccccc2)c1)NCc1cccs1. The molecule has 1 aromatic carbocycles. The maximum Gasteiger partial charge on any atom is 0.191 e. The molecule has 0 aliphatic heterocycles. The van der Waals surface area contributed by atoms with Crippen molar-refractivity contribution >= 4 is 17.3 Å². The zero-order valence-electron chi connectivity index (χ0n) is 12.9. The van der Waals surface area contributed by atoms with Crippen LogP contribution in [0, 0.1) is 0 Å². The van der Waals surface area contributed by atoms with Crippen LogP contribution in [0.1, 0.15) is 10.4 Å². The molecule has 118 valence electrons. The number of benzene rings is 1. The summed E-state index contributed by atoms with van der Waals surface area (Å²) in [6.07, 6.45) is 3.89. The number of guanidine groups is 1. The molecule has 0 aliphatic rings. The van der Waals surface area contributed by atoms with E-state index >= 15 is 0 Å². The summed E-state index contributed by atoms with van der Waals surface area (Å²) in [5.41, 5.74) is 2.16. The van der Waals surface area contributed by atoms with Gasteiger partial charge in [-0.3, -0.25) is 4.99 Å². The van der Waals surface area contributed by atoms with Crippen LogP contribution in [0.2, 0.25) is 0 Å². The van der Waals surface area contributed by atoms with E-state index in [0.29, 0.717) is 6.54 Å². The lowest BCUT2D eigenvalue weighted by Gasteiger charge is -2.10. The highest BCUT2D eigenvalue weighted by Crippen LogP contribution is 2.08. The molecule has 0 bridgehead atoms. The number of para-hydroxylation sites is 1. The molecule has 3 rings (SSSR count). The van der Waals surface area contributed by atoms with Gasteiger partial charge in [-0.2, -0.15) is 5.10 Å². The van der Waals surface area contributed by atoms with Crippen molar-refractivity contribution in [2.45, 2.75) is 13.1 Å². The highest BCUT2D eigenvalue weighted by Gasteiger charge is 2.03. The van der Waals surface area contributed by atoms with E-state index in [4.69, 9.17) is 0 Å². The highest BCUT2D eigenvalue weighted by molar-refractivity contribution is 7.09. The van der Waals surface area contributed by atoms with Crippen LogP contribution in [-0.4, -0.2) is 22.8 Å². The van der Waals surface area contributed by atoms with Gasteiger partial charge in [0.1, 0.15) is 0 Å². The number of thiophene rings is 1. The Bertz CT molecular complexity index is 746. The summed E-state index contributed by atoms with van der Waals surface area (Å²) >= 11 is 1.73. The van der Waals surface area contributed by atoms with Crippen LogP contribution in [0.4, 0.5) is 0 Å². The summed E-state index contributed by atoms with van der Waals surface area (Å²) in [5.74, 6) is 0.783. The smallest absolute Gasteiger partial charge is 0.191 e. The van der Waals surface area contributed by atoms with Gasteiger partial charge in [-0.25, -0.2) is 4.68 Å². The van der Waals surface area contributed by atoms with Crippen molar-refractivity contribution in [2.75, 3.05) is 7.05 Å². The molecule has 0 spiro atoms. The standard InChI is InChI=1S/C17H19N5S/c1-18-17(20-12-16-8-5-9-23-16)19-10-14-11-21-22(13-14)15-6-3-2-4-7-15/h2-9,11,13H,10,12H2,1H3,(H2,18,19,20). The lowest BCUT2D eigenvalue weighted by Crippen LogP contribution is -2.36. The van der Waals surface area contributed by atoms with Gasteiger partial charge in [-0.05, 0) is 23.6 Å². The van der Waals surface area contributed by atoms with E-state index in [-0.39, 0.29) is 0 Å². The molecule has 6 heteroatoms. The third kappa shape index (κ3) is 4.20. The quantitative estimate of drug-likeness (QED) is 0.560. The topological polar surface area (TPSA) is 54.2 Å². The van der Waals surface area contributed by atoms with Gasteiger partial charge < -0.3 is 10.6 Å². The second-order valence-electron chi connectivity index (χ2n) is 4.99. The van der Waals surface area contributed by atoms with E-state index < -0.39 is 0 Å². The van der Waals surface area contributed by atoms with Gasteiger partial charge in [0, 0.05) is 30.2 Å². The molecule has 0 saturated carbocycles. The fourth-order valence-electron chi connectivity index (χ4n) is 2.16. The number of hydrogen-bond acceptors (Lipinski definition) is 3. The Hall–Kier alpha value is -2.60. The average Bonchev–Trinajstić information content (AvgIpc) is 3.27. The molecule has 0 amide bonds. The minimum Gasteiger partial charge on any atom is -0.352 e. The summed E-state index contributed by atoms with van der Waals surface area (Å²) < 4.78 is 1.87. The number of nitrogens with zero attached hydrogens (tertiary/aromatic N) is 3. The predicted molar refractivity (Wildman–Crippen MR) is 94.9 cm³/mol. The Morgan fingerprint density at radius 1 is 1.13 bits per heavy atom. The maximum atomic E-state index is 4.39. The van der Waals surface area contributed by atoms with Crippen LogP contribution in [0.3, 0.4) is 0 Å². The number of nitrogens with one attached hydrogen (secondary N) is 2. The van der Waals surface area contributed by atoms with Gasteiger partial charge in [-0.15, -0.1) is 11.3 Å². The molecule has 2 aromatic heterocycles. The summed E-state index contributed by atoms with van der Waals surface area (Å²) in [4.78, 5) is 5.52. The van der Waals surface area contributed by atoms with Crippen molar-refractivity contribution in [3.05, 3.63) is 70.7 Å². The molecule has 0 fully saturated rings. The van der Waals surface area contributed by atoms with Gasteiger partial charge in [0.2, 0.25) is 0 Å². The Morgan fingerprint density at radius 2 is 1.96 bits per heavy atom. The van der Waals surface area contributed by atoms with E-state index in [9.17, 15) is 0 Å². The zero-order chi connectivity index (χ0) is 15.9. The molecular weight excluding hydrogens is 306 g/mol. The predicted octanol–water partition coefficient (Wildman–Crippen LogP) is 2.80. The number of aliphatic imine (C=N–C) groups is 1. The van der Waals surface area contributed by atoms with E-state index in [1.54, 1.807) is 18.4 Å². The Labute approximate surface area is 139 Å². The molecule has 2 heterocycles. The zero-order valence-corrected chi connectivity index (χ0v) is 13.8. The molecule has 2 N–H and O–H groups in total.